The van der Waals surface area contributed by atoms with Crippen LogP contribution in [0.15, 0.2) is 59.9 Å². The number of aromatic nitrogens is 2. The molecule has 0 aliphatic rings. The minimum absolute atomic E-state index is 0.0587. The molecule has 12 heteroatoms. The van der Waals surface area contributed by atoms with Crippen molar-refractivity contribution in [2.24, 2.45) is 5.73 Å². The highest BCUT2D eigenvalue weighted by atomic mass is 32.2. The summed E-state index contributed by atoms with van der Waals surface area (Å²) in [6, 6.07) is 11.8. The molecule has 0 aliphatic carbocycles. The number of nitriles is 1. The summed E-state index contributed by atoms with van der Waals surface area (Å²) in [6.45, 7) is 0. The Bertz CT molecular complexity index is 1230. The number of carbonyl (C=O) groups is 2. The highest BCUT2D eigenvalue weighted by molar-refractivity contribution is 8.00. The standard InChI is InChI=1S/C21H15F3N6O2S/c22-21(23,24)13-4-6-14(7-5-13)29-20(32)30-15-3-1-2-12(8-15)18-16(9-25)19(28-11-27-18)33-10-17(26)31/h1-8,11H,10H2,(H2,26,31)(H2,29,30,32). The lowest BCUT2D eigenvalue weighted by atomic mass is 10.1. The fourth-order valence-corrected chi connectivity index (χ4v) is 3.41. The molecule has 1 aromatic heterocycles. The summed E-state index contributed by atoms with van der Waals surface area (Å²) in [7, 11) is 0. The van der Waals surface area contributed by atoms with Crippen LogP contribution in [0.25, 0.3) is 11.3 Å². The van der Waals surface area contributed by atoms with Gasteiger partial charge in [0, 0.05) is 16.9 Å². The smallest absolute Gasteiger partial charge is 0.369 e. The lowest BCUT2D eigenvalue weighted by molar-refractivity contribution is -0.137. The van der Waals surface area contributed by atoms with Gasteiger partial charge in [0.25, 0.3) is 0 Å². The van der Waals surface area contributed by atoms with E-state index in [-0.39, 0.29) is 17.0 Å². The fourth-order valence-electron chi connectivity index (χ4n) is 2.72. The molecule has 0 fully saturated rings. The zero-order valence-electron chi connectivity index (χ0n) is 16.7. The number of nitrogens with one attached hydrogen (secondary N) is 2. The Morgan fingerprint density at radius 3 is 2.39 bits per heavy atom. The highest BCUT2D eigenvalue weighted by Gasteiger charge is 2.30. The van der Waals surface area contributed by atoms with Crippen molar-refractivity contribution in [1.82, 2.24) is 9.97 Å². The molecule has 2 aromatic carbocycles. The number of anilines is 2. The average molecular weight is 472 g/mol. The molecule has 168 valence electrons. The van der Waals surface area contributed by atoms with Crippen LogP contribution in [0.5, 0.6) is 0 Å². The van der Waals surface area contributed by atoms with Gasteiger partial charge in [0.05, 0.1) is 17.0 Å². The largest absolute Gasteiger partial charge is 0.416 e. The van der Waals surface area contributed by atoms with Gasteiger partial charge in [-0.2, -0.15) is 18.4 Å². The Labute approximate surface area is 190 Å². The first-order chi connectivity index (χ1) is 15.7. The first-order valence-corrected chi connectivity index (χ1v) is 10.2. The monoisotopic (exact) mass is 472 g/mol. The van der Waals surface area contributed by atoms with E-state index < -0.39 is 23.7 Å². The van der Waals surface area contributed by atoms with E-state index in [1.54, 1.807) is 24.3 Å². The third-order valence-corrected chi connectivity index (χ3v) is 5.15. The number of carbonyl (C=O) groups excluding carboxylic acids is 2. The number of thioether (sulfide) groups is 1. The van der Waals surface area contributed by atoms with Gasteiger partial charge in [0.2, 0.25) is 5.91 Å². The van der Waals surface area contributed by atoms with Gasteiger partial charge in [-0.1, -0.05) is 23.9 Å². The Morgan fingerprint density at radius 1 is 1.06 bits per heavy atom. The average Bonchev–Trinajstić information content (AvgIpc) is 2.77. The number of amides is 3. The first-order valence-electron chi connectivity index (χ1n) is 9.19. The van der Waals surface area contributed by atoms with E-state index in [1.807, 2.05) is 6.07 Å². The summed E-state index contributed by atoms with van der Waals surface area (Å²) < 4.78 is 38.0. The van der Waals surface area contributed by atoms with Crippen LogP contribution in [0.2, 0.25) is 0 Å². The molecule has 0 aliphatic heterocycles. The second-order valence-corrected chi connectivity index (χ2v) is 7.47. The molecule has 4 N–H and O–H groups in total. The number of hydrogen-bond donors (Lipinski definition) is 3. The molecular formula is C21H15F3N6O2S. The number of benzene rings is 2. The predicted octanol–water partition coefficient (Wildman–Crippen LogP) is 4.26. The number of halogens is 3. The minimum atomic E-state index is -4.47. The maximum atomic E-state index is 12.7. The van der Waals surface area contributed by atoms with Crippen molar-refractivity contribution >= 4 is 35.1 Å². The van der Waals surface area contributed by atoms with Crippen LogP contribution in [0, 0.1) is 11.3 Å². The molecular weight excluding hydrogens is 457 g/mol. The second kappa shape index (κ2) is 10.0. The van der Waals surface area contributed by atoms with Crippen molar-refractivity contribution in [2.75, 3.05) is 16.4 Å². The predicted molar refractivity (Wildman–Crippen MR) is 116 cm³/mol. The molecule has 3 rings (SSSR count). The zero-order valence-corrected chi connectivity index (χ0v) is 17.5. The topological polar surface area (TPSA) is 134 Å². The summed E-state index contributed by atoms with van der Waals surface area (Å²) in [4.78, 5) is 31.5. The molecule has 3 amide bonds. The van der Waals surface area contributed by atoms with Crippen LogP contribution < -0.4 is 16.4 Å². The van der Waals surface area contributed by atoms with E-state index in [0.717, 1.165) is 36.0 Å². The van der Waals surface area contributed by atoms with Crippen molar-refractivity contribution < 1.29 is 22.8 Å². The Kier molecular flexibility index (Phi) is 7.14. The number of urea groups is 1. The first kappa shape index (κ1) is 23.6. The number of rotatable bonds is 6. The van der Waals surface area contributed by atoms with E-state index >= 15 is 0 Å². The van der Waals surface area contributed by atoms with Gasteiger partial charge in [-0.3, -0.25) is 4.79 Å². The number of primary amides is 1. The molecule has 8 nitrogen and oxygen atoms in total. The molecule has 0 saturated heterocycles. The molecule has 0 bridgehead atoms. The molecule has 0 spiro atoms. The SMILES string of the molecule is N#Cc1c(SCC(N)=O)ncnc1-c1cccc(NC(=O)Nc2ccc(C(F)(F)F)cc2)c1. The van der Waals surface area contributed by atoms with Crippen LogP contribution in [-0.4, -0.2) is 27.7 Å². The van der Waals surface area contributed by atoms with Crippen LogP contribution in [-0.2, 0) is 11.0 Å². The lowest BCUT2D eigenvalue weighted by Crippen LogP contribution is -2.19. The van der Waals surface area contributed by atoms with E-state index in [0.29, 0.717) is 22.0 Å². The Balaban J connectivity index is 1.76. The minimum Gasteiger partial charge on any atom is -0.369 e. The normalized spacial score (nSPS) is 10.8. The van der Waals surface area contributed by atoms with Crippen molar-refractivity contribution in [2.45, 2.75) is 11.2 Å². The van der Waals surface area contributed by atoms with E-state index in [4.69, 9.17) is 5.73 Å². The molecule has 1 heterocycles. The lowest BCUT2D eigenvalue weighted by Gasteiger charge is -2.11. The Hall–Kier alpha value is -4.11. The summed E-state index contributed by atoms with van der Waals surface area (Å²) in [5.74, 6) is -0.620. The van der Waals surface area contributed by atoms with Gasteiger partial charge in [-0.05, 0) is 36.4 Å². The fraction of sp³-hybridized carbons (Fsp3) is 0.0952. The third-order valence-electron chi connectivity index (χ3n) is 4.14. The molecule has 0 atom stereocenters. The van der Waals surface area contributed by atoms with Crippen LogP contribution >= 0.6 is 11.8 Å². The van der Waals surface area contributed by atoms with Gasteiger partial charge >= 0.3 is 12.2 Å². The quantitative estimate of drug-likeness (QED) is 0.363. The third kappa shape index (κ3) is 6.20. The van der Waals surface area contributed by atoms with E-state index in [2.05, 4.69) is 20.6 Å². The maximum absolute atomic E-state index is 12.7. The zero-order chi connectivity index (χ0) is 24.0. The van der Waals surface area contributed by atoms with Gasteiger partial charge in [-0.15, -0.1) is 0 Å². The molecule has 0 saturated carbocycles. The summed E-state index contributed by atoms with van der Waals surface area (Å²) in [5, 5.41) is 14.9. The molecule has 0 unspecified atom stereocenters. The van der Waals surface area contributed by atoms with Crippen molar-refractivity contribution in [3.05, 3.63) is 66.0 Å². The van der Waals surface area contributed by atoms with Gasteiger partial charge in [-0.25, -0.2) is 14.8 Å². The van der Waals surface area contributed by atoms with E-state index in [9.17, 15) is 28.0 Å². The number of alkyl halides is 3. The molecule has 33 heavy (non-hydrogen) atoms. The van der Waals surface area contributed by atoms with Crippen LogP contribution in [0.3, 0.4) is 0 Å². The second-order valence-electron chi connectivity index (χ2n) is 6.50. The maximum Gasteiger partial charge on any atom is 0.416 e. The number of nitrogens with two attached hydrogens (primary N) is 1. The van der Waals surface area contributed by atoms with Gasteiger partial charge < -0.3 is 16.4 Å². The van der Waals surface area contributed by atoms with Crippen molar-refractivity contribution in [3.63, 3.8) is 0 Å². The molecule has 3 aromatic rings. The number of hydrogen-bond acceptors (Lipinski definition) is 6. The van der Waals surface area contributed by atoms with Crippen molar-refractivity contribution in [1.29, 1.82) is 5.26 Å². The van der Waals surface area contributed by atoms with Crippen LogP contribution in [0.4, 0.5) is 29.3 Å². The molecule has 0 radical (unpaired) electrons. The van der Waals surface area contributed by atoms with Gasteiger partial charge in [0.15, 0.2) is 0 Å². The van der Waals surface area contributed by atoms with Gasteiger partial charge in [0.1, 0.15) is 23.0 Å². The van der Waals surface area contributed by atoms with Crippen molar-refractivity contribution in [3.8, 4) is 17.3 Å². The van der Waals surface area contributed by atoms with E-state index in [1.165, 1.54) is 6.33 Å². The highest BCUT2D eigenvalue weighted by Crippen LogP contribution is 2.31. The Morgan fingerprint density at radius 2 is 1.76 bits per heavy atom. The summed E-state index contributed by atoms with van der Waals surface area (Å²) in [5.41, 5.74) is 5.80. The number of nitrogens with zero attached hydrogens (tertiary/aromatic N) is 3. The summed E-state index contributed by atoms with van der Waals surface area (Å²) >= 11 is 1.01. The summed E-state index contributed by atoms with van der Waals surface area (Å²) in [6.07, 6.45) is -3.22. The van der Waals surface area contributed by atoms with Crippen LogP contribution in [0.1, 0.15) is 11.1 Å².